The van der Waals surface area contributed by atoms with Crippen LogP contribution in [0.25, 0.3) is 0 Å². The van der Waals surface area contributed by atoms with Crippen LogP contribution < -0.4 is 5.32 Å². The molecule has 116 valence electrons. The van der Waals surface area contributed by atoms with E-state index in [0.29, 0.717) is 18.5 Å². The molecule has 2 fully saturated rings. The summed E-state index contributed by atoms with van der Waals surface area (Å²) in [4.78, 5) is 14.4. The van der Waals surface area contributed by atoms with Crippen molar-refractivity contribution in [3.8, 4) is 0 Å². The highest BCUT2D eigenvalue weighted by Crippen LogP contribution is 2.29. The van der Waals surface area contributed by atoms with Crippen LogP contribution >= 0.6 is 0 Å². The number of hydrogen-bond donors (Lipinski definition) is 1. The fourth-order valence-corrected chi connectivity index (χ4v) is 2.73. The molecule has 0 spiro atoms. The number of amides is 2. The maximum absolute atomic E-state index is 12.4. The molecule has 7 heteroatoms. The average Bonchev–Trinajstić information content (AvgIpc) is 3.03. The summed E-state index contributed by atoms with van der Waals surface area (Å²) in [6, 6.07) is 0.421. The highest BCUT2D eigenvalue weighted by Gasteiger charge is 2.34. The number of rotatable bonds is 6. The first-order valence-electron chi connectivity index (χ1n) is 7.76. The number of aromatic nitrogens is 3. The van der Waals surface area contributed by atoms with Gasteiger partial charge in [-0.1, -0.05) is 0 Å². The van der Waals surface area contributed by atoms with E-state index in [1.54, 1.807) is 6.33 Å². The Hall–Kier alpha value is -1.63. The summed E-state index contributed by atoms with van der Waals surface area (Å²) < 4.78 is 7.34. The Bertz CT molecular complexity index is 479. The van der Waals surface area contributed by atoms with Gasteiger partial charge in [0.1, 0.15) is 6.33 Å². The van der Waals surface area contributed by atoms with E-state index in [-0.39, 0.29) is 6.03 Å². The van der Waals surface area contributed by atoms with Crippen molar-refractivity contribution in [1.29, 1.82) is 0 Å². The van der Waals surface area contributed by atoms with Crippen LogP contribution in [0.1, 0.15) is 32.0 Å². The molecule has 1 atom stereocenters. The van der Waals surface area contributed by atoms with E-state index in [0.717, 1.165) is 51.4 Å². The van der Waals surface area contributed by atoms with E-state index in [1.165, 1.54) is 0 Å². The first-order valence-corrected chi connectivity index (χ1v) is 7.76. The number of ether oxygens (including phenoxy) is 1. The fourth-order valence-electron chi connectivity index (χ4n) is 2.73. The second-order valence-electron chi connectivity index (χ2n) is 5.81. The summed E-state index contributed by atoms with van der Waals surface area (Å²) in [5.74, 6) is 1.28. The summed E-state index contributed by atoms with van der Waals surface area (Å²) >= 11 is 0. The number of urea groups is 1. The quantitative estimate of drug-likeness (QED) is 0.849. The Morgan fingerprint density at radius 2 is 2.38 bits per heavy atom. The van der Waals surface area contributed by atoms with Crippen LogP contribution in [0, 0.1) is 5.92 Å². The van der Waals surface area contributed by atoms with Gasteiger partial charge in [0.15, 0.2) is 5.82 Å². The zero-order chi connectivity index (χ0) is 14.7. The molecule has 2 heterocycles. The third-order valence-electron chi connectivity index (χ3n) is 4.16. The van der Waals surface area contributed by atoms with Gasteiger partial charge in [0, 0.05) is 31.7 Å². The van der Waals surface area contributed by atoms with E-state index in [9.17, 15) is 4.79 Å². The third-order valence-corrected chi connectivity index (χ3v) is 4.16. The largest absolute Gasteiger partial charge is 0.381 e. The van der Waals surface area contributed by atoms with Crippen molar-refractivity contribution in [2.24, 2.45) is 5.92 Å². The molecule has 1 aromatic rings. The van der Waals surface area contributed by atoms with Gasteiger partial charge >= 0.3 is 6.03 Å². The van der Waals surface area contributed by atoms with Crippen LogP contribution in [0.4, 0.5) is 4.79 Å². The number of carbonyl (C=O) groups is 1. The lowest BCUT2D eigenvalue weighted by Crippen LogP contribution is -2.44. The Morgan fingerprint density at radius 1 is 1.52 bits per heavy atom. The van der Waals surface area contributed by atoms with Gasteiger partial charge in [0.25, 0.3) is 0 Å². The molecule has 0 radical (unpaired) electrons. The zero-order valence-corrected chi connectivity index (χ0v) is 12.5. The molecule has 3 rings (SSSR count). The normalized spacial score (nSPS) is 21.5. The number of nitrogens with zero attached hydrogens (tertiary/aromatic N) is 4. The van der Waals surface area contributed by atoms with Crippen molar-refractivity contribution in [3.63, 3.8) is 0 Å². The van der Waals surface area contributed by atoms with Crippen molar-refractivity contribution in [1.82, 2.24) is 25.0 Å². The van der Waals surface area contributed by atoms with Crippen LogP contribution in [-0.2, 0) is 17.8 Å². The second kappa shape index (κ2) is 6.43. The van der Waals surface area contributed by atoms with Crippen molar-refractivity contribution >= 4 is 6.03 Å². The summed E-state index contributed by atoms with van der Waals surface area (Å²) in [5, 5.41) is 10.9. The molecule has 1 saturated heterocycles. The second-order valence-corrected chi connectivity index (χ2v) is 5.81. The lowest BCUT2D eigenvalue weighted by molar-refractivity contribution is 0.162. The summed E-state index contributed by atoms with van der Waals surface area (Å²) in [6.45, 7) is 5.67. The van der Waals surface area contributed by atoms with Crippen LogP contribution in [0.5, 0.6) is 0 Å². The minimum atomic E-state index is 0.00931. The minimum Gasteiger partial charge on any atom is -0.381 e. The standard InChI is InChI=1S/C14H23N5O2/c1-2-18-10-16-17-13(18)7-15-14(20)19(12-3-4-12)8-11-5-6-21-9-11/h10-12H,2-9H2,1H3,(H,15,20)/t11-/m1/s1. The zero-order valence-electron chi connectivity index (χ0n) is 12.5. The molecule has 2 amide bonds. The van der Waals surface area contributed by atoms with Gasteiger partial charge in [-0.25, -0.2) is 4.79 Å². The van der Waals surface area contributed by atoms with Gasteiger partial charge in [-0.3, -0.25) is 0 Å². The molecule has 2 aliphatic rings. The van der Waals surface area contributed by atoms with E-state index < -0.39 is 0 Å². The van der Waals surface area contributed by atoms with Crippen LogP contribution in [0.15, 0.2) is 6.33 Å². The molecule has 0 unspecified atom stereocenters. The SMILES string of the molecule is CCn1cnnc1CNC(=O)N(C[C@H]1CCOC1)C1CC1. The molecule has 1 aliphatic carbocycles. The molecule has 1 aromatic heterocycles. The highest BCUT2D eigenvalue weighted by molar-refractivity contribution is 5.74. The van der Waals surface area contributed by atoms with Crippen molar-refractivity contribution in [3.05, 3.63) is 12.2 Å². The summed E-state index contributed by atoms with van der Waals surface area (Å²) in [6.07, 6.45) is 4.98. The molecule has 1 saturated carbocycles. The number of aryl methyl sites for hydroxylation is 1. The topological polar surface area (TPSA) is 72.3 Å². The van der Waals surface area contributed by atoms with Gasteiger partial charge in [-0.05, 0) is 26.2 Å². The highest BCUT2D eigenvalue weighted by atomic mass is 16.5. The molecule has 0 bridgehead atoms. The van der Waals surface area contributed by atoms with Crippen LogP contribution in [0.2, 0.25) is 0 Å². The lowest BCUT2D eigenvalue weighted by Gasteiger charge is -2.25. The number of nitrogens with one attached hydrogen (secondary N) is 1. The molecule has 1 aliphatic heterocycles. The van der Waals surface area contributed by atoms with E-state index in [1.807, 2.05) is 16.4 Å². The molecule has 0 aromatic carbocycles. The monoisotopic (exact) mass is 293 g/mol. The molecule has 21 heavy (non-hydrogen) atoms. The number of carbonyl (C=O) groups excluding carboxylic acids is 1. The lowest BCUT2D eigenvalue weighted by atomic mass is 10.1. The predicted molar refractivity (Wildman–Crippen MR) is 76.6 cm³/mol. The maximum atomic E-state index is 12.4. The Balaban J connectivity index is 1.54. The summed E-state index contributed by atoms with van der Waals surface area (Å²) in [5.41, 5.74) is 0. The smallest absolute Gasteiger partial charge is 0.318 e. The maximum Gasteiger partial charge on any atom is 0.318 e. The molecular formula is C14H23N5O2. The van der Waals surface area contributed by atoms with Crippen molar-refractivity contribution < 1.29 is 9.53 Å². The first-order chi connectivity index (χ1) is 10.3. The molecular weight excluding hydrogens is 270 g/mol. The minimum absolute atomic E-state index is 0.00931. The van der Waals surface area contributed by atoms with Gasteiger partial charge in [0.2, 0.25) is 0 Å². The van der Waals surface area contributed by atoms with Crippen molar-refractivity contribution in [2.45, 2.75) is 45.3 Å². The Labute approximate surface area is 124 Å². The molecule has 1 N–H and O–H groups in total. The van der Waals surface area contributed by atoms with Crippen LogP contribution in [-0.4, -0.2) is 51.5 Å². The van der Waals surface area contributed by atoms with E-state index in [4.69, 9.17) is 4.74 Å². The van der Waals surface area contributed by atoms with Gasteiger partial charge in [0.05, 0.1) is 13.2 Å². The van der Waals surface area contributed by atoms with E-state index >= 15 is 0 Å². The summed E-state index contributed by atoms with van der Waals surface area (Å²) in [7, 11) is 0. The Morgan fingerprint density at radius 3 is 3.05 bits per heavy atom. The van der Waals surface area contributed by atoms with Gasteiger partial charge < -0.3 is 19.5 Å². The fraction of sp³-hybridized carbons (Fsp3) is 0.786. The third kappa shape index (κ3) is 3.53. The first kappa shape index (κ1) is 14.3. The predicted octanol–water partition coefficient (Wildman–Crippen LogP) is 1.01. The Kier molecular flexibility index (Phi) is 4.38. The van der Waals surface area contributed by atoms with Crippen LogP contribution in [0.3, 0.4) is 0 Å². The average molecular weight is 293 g/mol. The van der Waals surface area contributed by atoms with Gasteiger partial charge in [-0.15, -0.1) is 10.2 Å². The molecule has 7 nitrogen and oxygen atoms in total. The van der Waals surface area contributed by atoms with E-state index in [2.05, 4.69) is 15.5 Å². The van der Waals surface area contributed by atoms with Crippen molar-refractivity contribution in [2.75, 3.05) is 19.8 Å². The van der Waals surface area contributed by atoms with Gasteiger partial charge in [-0.2, -0.15) is 0 Å². The number of hydrogen-bond acceptors (Lipinski definition) is 4.